The van der Waals surface area contributed by atoms with E-state index in [1.165, 1.54) is 96.3 Å². The van der Waals surface area contributed by atoms with Gasteiger partial charge in [0.2, 0.25) is 0 Å². The number of rotatable bonds is 15. The number of hydrogen-bond acceptors (Lipinski definition) is 2. The summed E-state index contributed by atoms with van der Waals surface area (Å²) in [6.45, 7) is 13.8. The van der Waals surface area contributed by atoms with Gasteiger partial charge in [0.05, 0.1) is 0 Å². The van der Waals surface area contributed by atoms with Crippen molar-refractivity contribution < 1.29 is 26.3 Å². The number of hydrogen-bond donors (Lipinski definition) is 0. The molecule has 42 heavy (non-hydrogen) atoms. The van der Waals surface area contributed by atoms with E-state index in [2.05, 4.69) is 53.7 Å². The fourth-order valence-corrected chi connectivity index (χ4v) is 5.85. The smallest absolute Gasteiger partial charge is 0.191 e. The maximum Gasteiger partial charge on any atom is 0.391 e. The average Bonchev–Trinajstić information content (AvgIpc) is 2.99. The number of aryl methyl sites for hydroxylation is 3. The highest BCUT2D eigenvalue weighted by atomic mass is 32.2. The first-order valence-electron chi connectivity index (χ1n) is 16.0. The topological polar surface area (TPSA) is 0 Å². The van der Waals surface area contributed by atoms with E-state index in [4.69, 9.17) is 0 Å². The minimum atomic E-state index is -5.35. The van der Waals surface area contributed by atoms with E-state index in [0.29, 0.717) is 12.5 Å². The molecule has 1 aliphatic rings. The molecule has 0 N–H and O–H groups in total. The Kier molecular flexibility index (Phi) is 21.0. The summed E-state index contributed by atoms with van der Waals surface area (Å²) in [5, 5.41) is -9.53. The standard InChI is InChI=1S/C21H34.C8H18.C5H6F6S2/c1-4-6-12-20-15-18(5-2)16-21(17(20)3)14-13-19-10-8-7-9-11-19;1-4-6-7-8(3)5-2;1-12-4(8,9)3(6,7)5(10,11)13-2/h15-16,19H,4-14H2,1-3H3;8H,4-7H2,1-3H3;1-2H3. The van der Waals surface area contributed by atoms with Crippen molar-refractivity contribution in [1.82, 2.24) is 0 Å². The van der Waals surface area contributed by atoms with E-state index in [1.807, 2.05) is 0 Å². The van der Waals surface area contributed by atoms with Gasteiger partial charge in [-0.05, 0) is 85.6 Å². The number of unbranched alkanes of at least 4 members (excludes halogenated alkanes) is 2. The molecule has 1 unspecified atom stereocenters. The molecular weight excluding hydrogens is 586 g/mol. The second kappa shape index (κ2) is 21.3. The Labute approximate surface area is 262 Å². The monoisotopic (exact) mass is 644 g/mol. The van der Waals surface area contributed by atoms with Crippen molar-refractivity contribution in [3.05, 3.63) is 34.4 Å². The van der Waals surface area contributed by atoms with E-state index in [1.54, 1.807) is 22.3 Å². The van der Waals surface area contributed by atoms with Crippen molar-refractivity contribution in [3.63, 3.8) is 0 Å². The molecule has 0 saturated heterocycles. The third-order valence-electron chi connectivity index (χ3n) is 8.43. The minimum absolute atomic E-state index is 0.600. The molecule has 1 saturated carbocycles. The van der Waals surface area contributed by atoms with Gasteiger partial charge < -0.3 is 0 Å². The van der Waals surface area contributed by atoms with Crippen LogP contribution >= 0.6 is 23.5 Å². The van der Waals surface area contributed by atoms with Crippen LogP contribution in [0.4, 0.5) is 26.3 Å². The molecule has 0 nitrogen and oxygen atoms in total. The first kappa shape index (κ1) is 41.5. The SMILES string of the molecule is CCCCC(C)CC.CCCCc1cc(CC)cc(CCC2CCCCC2)c1C.CSC(F)(F)C(F)(F)C(F)(F)SC. The Morgan fingerprint density at radius 1 is 0.786 bits per heavy atom. The summed E-state index contributed by atoms with van der Waals surface area (Å²) in [4.78, 5) is 0. The van der Waals surface area contributed by atoms with Gasteiger partial charge >= 0.3 is 16.4 Å². The van der Waals surface area contributed by atoms with Crippen LogP contribution < -0.4 is 0 Å². The molecule has 0 heterocycles. The molecule has 1 atom stereocenters. The Balaban J connectivity index is 0.000000684. The van der Waals surface area contributed by atoms with E-state index in [9.17, 15) is 26.3 Å². The largest absolute Gasteiger partial charge is 0.391 e. The van der Waals surface area contributed by atoms with Gasteiger partial charge in [0.15, 0.2) is 0 Å². The van der Waals surface area contributed by atoms with Gasteiger partial charge in [0.25, 0.3) is 0 Å². The fraction of sp³-hybridized carbons (Fsp3) is 0.824. The zero-order valence-corrected chi connectivity index (χ0v) is 29.1. The van der Waals surface area contributed by atoms with Crippen LogP contribution in [0.1, 0.15) is 134 Å². The van der Waals surface area contributed by atoms with Crippen LogP contribution in [-0.2, 0) is 19.3 Å². The van der Waals surface area contributed by atoms with Gasteiger partial charge in [-0.15, -0.1) is 0 Å². The molecular formula is C34H58F6S2. The second-order valence-corrected chi connectivity index (χ2v) is 13.6. The van der Waals surface area contributed by atoms with Gasteiger partial charge in [0.1, 0.15) is 0 Å². The molecule has 2 rings (SSSR count). The van der Waals surface area contributed by atoms with Gasteiger partial charge in [-0.3, -0.25) is 0 Å². The van der Waals surface area contributed by atoms with E-state index in [-0.39, 0.29) is 0 Å². The maximum atomic E-state index is 12.4. The molecule has 1 aliphatic carbocycles. The lowest BCUT2D eigenvalue weighted by Gasteiger charge is -2.30. The molecule has 0 aromatic heterocycles. The van der Waals surface area contributed by atoms with Crippen molar-refractivity contribution >= 4 is 23.5 Å². The first-order chi connectivity index (χ1) is 19.7. The molecule has 0 radical (unpaired) electrons. The number of benzene rings is 1. The molecule has 8 heteroatoms. The Morgan fingerprint density at radius 2 is 1.29 bits per heavy atom. The summed E-state index contributed by atoms with van der Waals surface area (Å²) < 4.78 is 74.2. The average molecular weight is 645 g/mol. The summed E-state index contributed by atoms with van der Waals surface area (Å²) in [7, 11) is 0. The van der Waals surface area contributed by atoms with Gasteiger partial charge in [-0.1, -0.05) is 134 Å². The van der Waals surface area contributed by atoms with E-state index < -0.39 is 40.0 Å². The summed E-state index contributed by atoms with van der Waals surface area (Å²) in [6, 6.07) is 4.96. The Bertz CT molecular complexity index is 820. The molecule has 248 valence electrons. The van der Waals surface area contributed by atoms with Crippen molar-refractivity contribution in [3.8, 4) is 0 Å². The van der Waals surface area contributed by atoms with Crippen LogP contribution in [0.5, 0.6) is 0 Å². The van der Waals surface area contributed by atoms with Gasteiger partial charge in [-0.25, -0.2) is 0 Å². The highest BCUT2D eigenvalue weighted by Crippen LogP contribution is 2.54. The highest BCUT2D eigenvalue weighted by Gasteiger charge is 2.71. The van der Waals surface area contributed by atoms with Crippen LogP contribution in [0.2, 0.25) is 0 Å². The summed E-state index contributed by atoms with van der Waals surface area (Å²) in [5.74, 6) is -3.39. The van der Waals surface area contributed by atoms with Gasteiger partial charge in [0, 0.05) is 0 Å². The van der Waals surface area contributed by atoms with Crippen molar-refractivity contribution in [2.24, 2.45) is 11.8 Å². The number of alkyl halides is 6. The molecule has 1 aromatic rings. The molecule has 1 fully saturated rings. The summed E-state index contributed by atoms with van der Waals surface area (Å²) in [6.07, 6.45) is 22.0. The van der Waals surface area contributed by atoms with E-state index >= 15 is 0 Å². The summed E-state index contributed by atoms with van der Waals surface area (Å²) in [5.41, 5.74) is 6.41. The quantitative estimate of drug-likeness (QED) is 0.174. The lowest BCUT2D eigenvalue weighted by molar-refractivity contribution is -0.237. The summed E-state index contributed by atoms with van der Waals surface area (Å²) >= 11 is -1.20. The zero-order valence-electron chi connectivity index (χ0n) is 27.5. The highest BCUT2D eigenvalue weighted by molar-refractivity contribution is 8.00. The fourth-order valence-electron chi connectivity index (χ4n) is 5.02. The van der Waals surface area contributed by atoms with Crippen LogP contribution in [0, 0.1) is 18.8 Å². The van der Waals surface area contributed by atoms with Gasteiger partial charge in [-0.2, -0.15) is 26.3 Å². The third-order valence-corrected chi connectivity index (χ3v) is 9.97. The zero-order chi connectivity index (χ0) is 32.4. The lowest BCUT2D eigenvalue weighted by Crippen LogP contribution is -2.50. The Morgan fingerprint density at radius 3 is 1.71 bits per heavy atom. The van der Waals surface area contributed by atoms with Crippen LogP contribution in [-0.4, -0.2) is 28.9 Å². The number of halogens is 6. The minimum Gasteiger partial charge on any atom is -0.191 e. The first-order valence-corrected chi connectivity index (χ1v) is 18.5. The number of thioether (sulfide) groups is 2. The predicted molar refractivity (Wildman–Crippen MR) is 175 cm³/mol. The van der Waals surface area contributed by atoms with E-state index in [0.717, 1.165) is 11.8 Å². The van der Waals surface area contributed by atoms with Crippen LogP contribution in [0.25, 0.3) is 0 Å². The normalized spacial score (nSPS) is 15.4. The van der Waals surface area contributed by atoms with Crippen LogP contribution in [0.15, 0.2) is 12.1 Å². The Hall–Kier alpha value is -0.500. The molecule has 0 aliphatic heterocycles. The molecule has 0 bridgehead atoms. The van der Waals surface area contributed by atoms with Crippen molar-refractivity contribution in [1.29, 1.82) is 0 Å². The van der Waals surface area contributed by atoms with Crippen molar-refractivity contribution in [2.45, 2.75) is 154 Å². The van der Waals surface area contributed by atoms with Crippen molar-refractivity contribution in [2.75, 3.05) is 12.5 Å². The molecule has 0 spiro atoms. The molecule has 1 aromatic carbocycles. The second-order valence-electron chi connectivity index (χ2n) is 11.7. The molecule has 0 amide bonds. The lowest BCUT2D eigenvalue weighted by atomic mass is 9.84. The maximum absolute atomic E-state index is 12.4. The predicted octanol–water partition coefficient (Wildman–Crippen LogP) is 13.2. The third kappa shape index (κ3) is 14.1. The van der Waals surface area contributed by atoms with Crippen LogP contribution in [0.3, 0.4) is 0 Å².